The molecule has 1 amide bonds. The molecule has 0 saturated carbocycles. The summed E-state index contributed by atoms with van der Waals surface area (Å²) in [5.41, 5.74) is 2.13. The van der Waals surface area contributed by atoms with Crippen LogP contribution in [0.15, 0.2) is 0 Å². The minimum atomic E-state index is -0.114. The predicted octanol–water partition coefficient (Wildman–Crippen LogP) is 0.0983. The van der Waals surface area contributed by atoms with E-state index in [0.29, 0.717) is 6.54 Å². The highest BCUT2D eigenvalue weighted by molar-refractivity contribution is 5.77. The minimum Gasteiger partial charge on any atom is -0.294 e. The van der Waals surface area contributed by atoms with Crippen molar-refractivity contribution in [2.45, 2.75) is 26.7 Å². The van der Waals surface area contributed by atoms with Gasteiger partial charge in [-0.15, -0.1) is 0 Å². The van der Waals surface area contributed by atoms with Crippen LogP contribution in [-0.4, -0.2) is 30.4 Å². The van der Waals surface area contributed by atoms with E-state index in [-0.39, 0.29) is 5.91 Å². The van der Waals surface area contributed by atoms with Crippen molar-refractivity contribution in [3.63, 3.8) is 0 Å². The number of rotatable bonds is 6. The van der Waals surface area contributed by atoms with Crippen molar-refractivity contribution < 1.29 is 4.79 Å². The summed E-state index contributed by atoms with van der Waals surface area (Å²) in [4.78, 5) is 13.0. The number of hydrogen-bond donors (Lipinski definition) is 2. The second-order valence-corrected chi connectivity index (χ2v) is 2.84. The van der Waals surface area contributed by atoms with Crippen LogP contribution in [0.5, 0.6) is 0 Å². The van der Waals surface area contributed by atoms with Crippen molar-refractivity contribution in [3.8, 4) is 0 Å². The Morgan fingerprint density at radius 3 is 2.17 bits per heavy atom. The molecule has 0 spiro atoms. The monoisotopic (exact) mass is 173 g/mol. The Hall–Kier alpha value is -0.610. The summed E-state index contributed by atoms with van der Waals surface area (Å²) in [5, 5.41) is 0. The largest absolute Gasteiger partial charge is 0.294 e. The van der Waals surface area contributed by atoms with Gasteiger partial charge in [0.15, 0.2) is 0 Å². The van der Waals surface area contributed by atoms with Crippen LogP contribution in [0.2, 0.25) is 0 Å². The molecule has 0 fully saturated rings. The number of amides is 1. The molecule has 72 valence electrons. The molecule has 0 bridgehead atoms. The van der Waals surface area contributed by atoms with Gasteiger partial charge in [-0.25, -0.2) is 5.84 Å². The Morgan fingerprint density at radius 2 is 1.83 bits per heavy atom. The molecule has 0 aliphatic carbocycles. The fraction of sp³-hybridized carbons (Fsp3) is 0.875. The lowest BCUT2D eigenvalue weighted by atomic mass is 10.3. The van der Waals surface area contributed by atoms with Gasteiger partial charge in [-0.05, 0) is 25.9 Å². The zero-order valence-corrected chi connectivity index (χ0v) is 7.97. The topological polar surface area (TPSA) is 58.4 Å². The van der Waals surface area contributed by atoms with Crippen LogP contribution in [0.3, 0.4) is 0 Å². The van der Waals surface area contributed by atoms with E-state index < -0.39 is 0 Å². The SMILES string of the molecule is CCCN(CCC)CC(=O)NN. The van der Waals surface area contributed by atoms with E-state index in [1.807, 2.05) is 0 Å². The van der Waals surface area contributed by atoms with Crippen molar-refractivity contribution >= 4 is 5.91 Å². The van der Waals surface area contributed by atoms with Crippen molar-refractivity contribution in [3.05, 3.63) is 0 Å². The van der Waals surface area contributed by atoms with Crippen LogP contribution in [0, 0.1) is 0 Å². The zero-order valence-electron chi connectivity index (χ0n) is 7.97. The van der Waals surface area contributed by atoms with Crippen molar-refractivity contribution in [2.24, 2.45) is 5.84 Å². The van der Waals surface area contributed by atoms with Gasteiger partial charge in [-0.3, -0.25) is 15.1 Å². The van der Waals surface area contributed by atoms with Gasteiger partial charge in [0.2, 0.25) is 5.91 Å². The third-order valence-electron chi connectivity index (χ3n) is 1.61. The summed E-state index contributed by atoms with van der Waals surface area (Å²) < 4.78 is 0. The Bertz CT molecular complexity index is 121. The van der Waals surface area contributed by atoms with Gasteiger partial charge >= 0.3 is 0 Å². The molecule has 0 aliphatic rings. The van der Waals surface area contributed by atoms with E-state index in [2.05, 4.69) is 24.2 Å². The highest BCUT2D eigenvalue weighted by atomic mass is 16.2. The summed E-state index contributed by atoms with van der Waals surface area (Å²) in [7, 11) is 0. The Kier molecular flexibility index (Phi) is 6.70. The Balaban J connectivity index is 3.68. The number of hydrazine groups is 1. The number of nitrogens with two attached hydrogens (primary N) is 1. The average molecular weight is 173 g/mol. The van der Waals surface area contributed by atoms with E-state index in [1.54, 1.807) is 0 Å². The molecular weight excluding hydrogens is 154 g/mol. The fourth-order valence-corrected chi connectivity index (χ4v) is 1.15. The van der Waals surface area contributed by atoms with Crippen molar-refractivity contribution in [1.82, 2.24) is 10.3 Å². The zero-order chi connectivity index (χ0) is 9.40. The molecule has 3 N–H and O–H groups in total. The Morgan fingerprint density at radius 1 is 1.33 bits per heavy atom. The lowest BCUT2D eigenvalue weighted by Crippen LogP contribution is -2.40. The maximum Gasteiger partial charge on any atom is 0.248 e. The molecule has 4 heteroatoms. The first-order valence-electron chi connectivity index (χ1n) is 4.46. The normalized spacial score (nSPS) is 10.3. The molecule has 12 heavy (non-hydrogen) atoms. The number of hydrogen-bond acceptors (Lipinski definition) is 3. The fourth-order valence-electron chi connectivity index (χ4n) is 1.15. The number of nitrogens with zero attached hydrogens (tertiary/aromatic N) is 1. The van der Waals surface area contributed by atoms with Gasteiger partial charge in [0.25, 0.3) is 0 Å². The lowest BCUT2D eigenvalue weighted by molar-refractivity contribution is -0.122. The van der Waals surface area contributed by atoms with E-state index >= 15 is 0 Å². The van der Waals surface area contributed by atoms with Gasteiger partial charge in [0.05, 0.1) is 6.54 Å². The van der Waals surface area contributed by atoms with Gasteiger partial charge in [-0.2, -0.15) is 0 Å². The van der Waals surface area contributed by atoms with Crippen LogP contribution in [0.25, 0.3) is 0 Å². The van der Waals surface area contributed by atoms with Crippen LogP contribution >= 0.6 is 0 Å². The lowest BCUT2D eigenvalue weighted by Gasteiger charge is -2.19. The predicted molar refractivity (Wildman–Crippen MR) is 49.4 cm³/mol. The molecule has 0 aromatic heterocycles. The molecule has 0 aliphatic heterocycles. The molecule has 0 aromatic rings. The molecule has 0 radical (unpaired) electrons. The standard InChI is InChI=1S/C8H19N3O/c1-3-5-11(6-4-2)7-8(12)10-9/h3-7,9H2,1-2H3,(H,10,12). The van der Waals surface area contributed by atoms with Crippen molar-refractivity contribution in [2.75, 3.05) is 19.6 Å². The number of nitrogens with one attached hydrogen (secondary N) is 1. The smallest absolute Gasteiger partial charge is 0.248 e. The summed E-state index contributed by atoms with van der Waals surface area (Å²) >= 11 is 0. The molecule has 0 aromatic carbocycles. The first-order chi connectivity index (χ1) is 5.74. The number of carbonyl (C=O) groups excluding carboxylic acids is 1. The van der Waals surface area contributed by atoms with Gasteiger partial charge in [-0.1, -0.05) is 13.8 Å². The molecular formula is C8H19N3O. The van der Waals surface area contributed by atoms with E-state index in [4.69, 9.17) is 5.84 Å². The van der Waals surface area contributed by atoms with Gasteiger partial charge in [0.1, 0.15) is 0 Å². The van der Waals surface area contributed by atoms with E-state index in [0.717, 1.165) is 25.9 Å². The highest BCUT2D eigenvalue weighted by Crippen LogP contribution is 1.92. The minimum absolute atomic E-state index is 0.114. The Labute approximate surface area is 74.1 Å². The quantitative estimate of drug-likeness (QED) is 0.340. The first kappa shape index (κ1) is 11.4. The molecule has 4 nitrogen and oxygen atoms in total. The molecule has 0 saturated heterocycles. The van der Waals surface area contributed by atoms with Crippen LogP contribution in [0.1, 0.15) is 26.7 Å². The maximum atomic E-state index is 10.9. The van der Waals surface area contributed by atoms with E-state index in [1.165, 1.54) is 0 Å². The summed E-state index contributed by atoms with van der Waals surface area (Å²) in [6, 6.07) is 0. The maximum absolute atomic E-state index is 10.9. The van der Waals surface area contributed by atoms with Crippen LogP contribution < -0.4 is 11.3 Å². The summed E-state index contributed by atoms with van der Waals surface area (Å²) in [6.07, 6.45) is 2.13. The average Bonchev–Trinajstić information content (AvgIpc) is 2.05. The number of carbonyl (C=O) groups is 1. The van der Waals surface area contributed by atoms with Gasteiger partial charge < -0.3 is 0 Å². The molecule has 0 atom stereocenters. The van der Waals surface area contributed by atoms with Crippen LogP contribution in [0.4, 0.5) is 0 Å². The van der Waals surface area contributed by atoms with Crippen LogP contribution in [-0.2, 0) is 4.79 Å². The molecule has 0 unspecified atom stereocenters. The van der Waals surface area contributed by atoms with E-state index in [9.17, 15) is 4.79 Å². The van der Waals surface area contributed by atoms with Crippen molar-refractivity contribution in [1.29, 1.82) is 0 Å². The first-order valence-corrected chi connectivity index (χ1v) is 4.46. The van der Waals surface area contributed by atoms with Gasteiger partial charge in [0, 0.05) is 0 Å². The molecule has 0 heterocycles. The molecule has 0 rings (SSSR count). The third-order valence-corrected chi connectivity index (χ3v) is 1.61. The third kappa shape index (κ3) is 5.09. The second-order valence-electron chi connectivity index (χ2n) is 2.84. The summed E-state index contributed by atoms with van der Waals surface area (Å²) in [6.45, 7) is 6.53. The summed E-state index contributed by atoms with van der Waals surface area (Å²) in [5.74, 6) is 4.87. The second kappa shape index (κ2) is 7.06. The highest BCUT2D eigenvalue weighted by Gasteiger charge is 2.06.